The highest BCUT2D eigenvalue weighted by Gasteiger charge is 2.17. The first-order valence-electron chi connectivity index (χ1n) is 7.29. The van der Waals surface area contributed by atoms with Crippen molar-refractivity contribution in [3.8, 4) is 22.8 Å². The lowest BCUT2D eigenvalue weighted by Gasteiger charge is -2.10. The summed E-state index contributed by atoms with van der Waals surface area (Å²) in [7, 11) is 0. The summed E-state index contributed by atoms with van der Waals surface area (Å²) in [5.41, 5.74) is 4.62. The van der Waals surface area contributed by atoms with Crippen LogP contribution in [0.25, 0.3) is 22.2 Å². The molecule has 2 N–H and O–H groups in total. The van der Waals surface area contributed by atoms with E-state index in [2.05, 4.69) is 18.4 Å². The van der Waals surface area contributed by atoms with Gasteiger partial charge in [-0.2, -0.15) is 0 Å². The number of aryl methyl sites for hydroxylation is 2. The van der Waals surface area contributed by atoms with Crippen LogP contribution in [0.3, 0.4) is 0 Å². The number of hydrogen-bond donors (Lipinski definition) is 2. The predicted molar refractivity (Wildman–Crippen MR) is 85.8 cm³/mol. The topological polar surface area (TPSA) is 45.4 Å². The van der Waals surface area contributed by atoms with Crippen molar-refractivity contribution in [2.24, 2.45) is 0 Å². The maximum Gasteiger partial charge on any atom is 0.116 e. The molecular formula is C18H19NO2. The summed E-state index contributed by atoms with van der Waals surface area (Å²) >= 11 is 0. The Morgan fingerprint density at radius 2 is 1.57 bits per heavy atom. The van der Waals surface area contributed by atoms with E-state index in [4.69, 9.17) is 0 Å². The molecule has 3 aromatic rings. The first-order valence-corrected chi connectivity index (χ1v) is 7.29. The minimum Gasteiger partial charge on any atom is -0.508 e. The van der Waals surface area contributed by atoms with E-state index < -0.39 is 0 Å². The Labute approximate surface area is 124 Å². The average molecular weight is 281 g/mol. The molecule has 0 aliphatic heterocycles. The standard InChI is InChI=1S/C18H19NO2/c1-3-15-16-11-14(21)9-10-17(16)19(4-2)18(15)12-5-7-13(20)8-6-12/h5-11,20-21H,3-4H2,1-2H3. The van der Waals surface area contributed by atoms with Crippen LogP contribution in [0, 0.1) is 0 Å². The molecule has 0 fully saturated rings. The van der Waals surface area contributed by atoms with Gasteiger partial charge in [0.1, 0.15) is 11.5 Å². The van der Waals surface area contributed by atoms with E-state index in [9.17, 15) is 10.2 Å². The lowest BCUT2D eigenvalue weighted by molar-refractivity contribution is 0.475. The zero-order chi connectivity index (χ0) is 15.0. The molecule has 21 heavy (non-hydrogen) atoms. The van der Waals surface area contributed by atoms with E-state index in [-0.39, 0.29) is 5.75 Å². The maximum atomic E-state index is 9.79. The van der Waals surface area contributed by atoms with Crippen molar-refractivity contribution in [2.45, 2.75) is 26.8 Å². The molecule has 0 spiro atoms. The maximum absolute atomic E-state index is 9.79. The number of aromatic nitrogens is 1. The van der Waals surface area contributed by atoms with Crippen LogP contribution >= 0.6 is 0 Å². The number of phenols is 2. The van der Waals surface area contributed by atoms with Gasteiger partial charge >= 0.3 is 0 Å². The molecule has 3 nitrogen and oxygen atoms in total. The van der Waals surface area contributed by atoms with Gasteiger partial charge in [0.05, 0.1) is 5.69 Å². The summed E-state index contributed by atoms with van der Waals surface area (Å²) in [6.07, 6.45) is 0.892. The number of hydrogen-bond acceptors (Lipinski definition) is 2. The summed E-state index contributed by atoms with van der Waals surface area (Å²) in [4.78, 5) is 0. The molecule has 1 heterocycles. The van der Waals surface area contributed by atoms with Crippen LogP contribution in [-0.4, -0.2) is 14.8 Å². The highest BCUT2D eigenvalue weighted by molar-refractivity contribution is 5.92. The van der Waals surface area contributed by atoms with E-state index in [1.54, 1.807) is 18.2 Å². The predicted octanol–water partition coefficient (Wildman–Crippen LogP) is 4.30. The lowest BCUT2D eigenvalue weighted by atomic mass is 10.0. The second-order valence-electron chi connectivity index (χ2n) is 5.17. The van der Waals surface area contributed by atoms with Crippen LogP contribution in [0.1, 0.15) is 19.4 Å². The number of nitrogens with zero attached hydrogens (tertiary/aromatic N) is 1. The zero-order valence-electron chi connectivity index (χ0n) is 12.3. The molecule has 0 bridgehead atoms. The van der Waals surface area contributed by atoms with E-state index in [1.807, 2.05) is 24.3 Å². The molecule has 0 atom stereocenters. The summed E-state index contributed by atoms with van der Waals surface area (Å²) in [6.45, 7) is 5.11. The van der Waals surface area contributed by atoms with E-state index >= 15 is 0 Å². The highest BCUT2D eigenvalue weighted by atomic mass is 16.3. The third-order valence-electron chi connectivity index (χ3n) is 3.96. The highest BCUT2D eigenvalue weighted by Crippen LogP contribution is 2.36. The van der Waals surface area contributed by atoms with Crippen LogP contribution in [0.5, 0.6) is 11.5 Å². The second kappa shape index (κ2) is 5.17. The third kappa shape index (κ3) is 2.15. The monoisotopic (exact) mass is 281 g/mol. The molecule has 0 aliphatic rings. The Balaban J connectivity index is 2.37. The number of phenolic OH excluding ortho intramolecular Hbond substituents is 2. The van der Waals surface area contributed by atoms with Gasteiger partial charge in [0.15, 0.2) is 0 Å². The molecule has 0 aliphatic carbocycles. The fraction of sp³-hybridized carbons (Fsp3) is 0.222. The lowest BCUT2D eigenvalue weighted by Crippen LogP contribution is -1.98. The van der Waals surface area contributed by atoms with Crippen molar-refractivity contribution in [3.63, 3.8) is 0 Å². The summed E-state index contributed by atoms with van der Waals surface area (Å²) in [5, 5.41) is 20.4. The van der Waals surface area contributed by atoms with Gasteiger partial charge in [-0.3, -0.25) is 0 Å². The first-order chi connectivity index (χ1) is 10.2. The minimum atomic E-state index is 0.272. The van der Waals surface area contributed by atoms with E-state index in [1.165, 1.54) is 11.3 Å². The molecular weight excluding hydrogens is 262 g/mol. The fourth-order valence-electron chi connectivity index (χ4n) is 3.05. The van der Waals surface area contributed by atoms with Crippen LogP contribution in [-0.2, 0) is 13.0 Å². The summed E-state index contributed by atoms with van der Waals surface area (Å²) in [5.74, 6) is 0.566. The minimum absolute atomic E-state index is 0.272. The van der Waals surface area contributed by atoms with E-state index in [0.717, 1.165) is 29.4 Å². The van der Waals surface area contributed by atoms with Crippen molar-refractivity contribution in [1.82, 2.24) is 4.57 Å². The summed E-state index contributed by atoms with van der Waals surface area (Å²) in [6, 6.07) is 12.8. The number of fused-ring (bicyclic) bond motifs is 1. The molecule has 0 radical (unpaired) electrons. The van der Waals surface area contributed by atoms with Crippen LogP contribution in [0.4, 0.5) is 0 Å². The van der Waals surface area contributed by atoms with Gasteiger partial charge in [0.25, 0.3) is 0 Å². The quantitative estimate of drug-likeness (QED) is 0.751. The van der Waals surface area contributed by atoms with Gasteiger partial charge in [-0.05, 0) is 66.9 Å². The van der Waals surface area contributed by atoms with Crippen LogP contribution in [0.2, 0.25) is 0 Å². The Morgan fingerprint density at radius 1 is 0.905 bits per heavy atom. The van der Waals surface area contributed by atoms with E-state index in [0.29, 0.717) is 5.75 Å². The summed E-state index contributed by atoms with van der Waals surface area (Å²) < 4.78 is 2.26. The van der Waals surface area contributed by atoms with Gasteiger partial charge in [-0.15, -0.1) is 0 Å². The average Bonchev–Trinajstić information content (AvgIpc) is 2.80. The largest absolute Gasteiger partial charge is 0.508 e. The van der Waals surface area contributed by atoms with Gasteiger partial charge in [-0.1, -0.05) is 6.92 Å². The van der Waals surface area contributed by atoms with Crippen LogP contribution in [0.15, 0.2) is 42.5 Å². The van der Waals surface area contributed by atoms with Crippen LogP contribution < -0.4 is 0 Å². The smallest absolute Gasteiger partial charge is 0.116 e. The Kier molecular flexibility index (Phi) is 3.34. The molecule has 0 saturated carbocycles. The number of rotatable bonds is 3. The SMILES string of the molecule is CCc1c(-c2ccc(O)cc2)n(CC)c2ccc(O)cc12. The zero-order valence-corrected chi connectivity index (χ0v) is 12.3. The molecule has 1 aromatic heterocycles. The van der Waals surface area contributed by atoms with Crippen molar-refractivity contribution < 1.29 is 10.2 Å². The Bertz CT molecular complexity index is 785. The van der Waals surface area contributed by atoms with Gasteiger partial charge in [0.2, 0.25) is 0 Å². The first kappa shape index (κ1) is 13.6. The van der Waals surface area contributed by atoms with Gasteiger partial charge in [-0.25, -0.2) is 0 Å². The fourth-order valence-corrected chi connectivity index (χ4v) is 3.05. The molecule has 0 unspecified atom stereocenters. The molecule has 0 saturated heterocycles. The molecule has 108 valence electrons. The number of aromatic hydroxyl groups is 2. The molecule has 3 heteroatoms. The number of benzene rings is 2. The molecule has 3 rings (SSSR count). The normalized spacial score (nSPS) is 11.1. The molecule has 0 amide bonds. The Hall–Kier alpha value is -2.42. The van der Waals surface area contributed by atoms with Crippen molar-refractivity contribution in [3.05, 3.63) is 48.0 Å². The molecule has 2 aromatic carbocycles. The van der Waals surface area contributed by atoms with Crippen molar-refractivity contribution in [2.75, 3.05) is 0 Å². The van der Waals surface area contributed by atoms with Gasteiger partial charge < -0.3 is 14.8 Å². The second-order valence-corrected chi connectivity index (χ2v) is 5.17. The van der Waals surface area contributed by atoms with Crippen molar-refractivity contribution >= 4 is 10.9 Å². The van der Waals surface area contributed by atoms with Crippen molar-refractivity contribution in [1.29, 1.82) is 0 Å². The Morgan fingerprint density at radius 3 is 2.19 bits per heavy atom. The third-order valence-corrected chi connectivity index (χ3v) is 3.96. The van der Waals surface area contributed by atoms with Gasteiger partial charge in [0, 0.05) is 17.4 Å².